The fraction of sp³-hybridized carbons (Fsp3) is 0.0870. The summed E-state index contributed by atoms with van der Waals surface area (Å²) in [5.74, 6) is -0.303. The molecule has 0 aliphatic carbocycles. The number of halogens is 1. The number of hydrogen-bond donors (Lipinski definition) is 0. The number of anilines is 1. The topological polar surface area (TPSA) is 89.2 Å². The summed E-state index contributed by atoms with van der Waals surface area (Å²) in [6.45, 7) is 2.20. The van der Waals surface area contributed by atoms with Crippen molar-refractivity contribution < 1.29 is 9.72 Å². The average molecular weight is 465 g/mol. The van der Waals surface area contributed by atoms with Gasteiger partial charge < -0.3 is 0 Å². The van der Waals surface area contributed by atoms with E-state index in [0.29, 0.717) is 15.7 Å². The number of hydrogen-bond acceptors (Lipinski definition) is 6. The predicted octanol–water partition coefficient (Wildman–Crippen LogP) is 5.81. The summed E-state index contributed by atoms with van der Waals surface area (Å²) >= 11 is 7.56. The van der Waals surface area contributed by atoms with Crippen LogP contribution >= 0.6 is 22.9 Å². The summed E-state index contributed by atoms with van der Waals surface area (Å²) in [6, 6.07) is 13.5. The number of thiazole rings is 1. The second-order valence-corrected chi connectivity index (χ2v) is 8.48. The minimum absolute atomic E-state index is 0.0367. The van der Waals surface area contributed by atoms with Gasteiger partial charge in [-0.2, -0.15) is 0 Å². The van der Waals surface area contributed by atoms with Gasteiger partial charge in [-0.05, 0) is 47.9 Å². The first-order valence-electron chi connectivity index (χ1n) is 9.60. The number of aryl methyl sites for hydroxylation is 1. The van der Waals surface area contributed by atoms with Crippen LogP contribution in [0.25, 0.3) is 16.3 Å². The van der Waals surface area contributed by atoms with Crippen LogP contribution in [0, 0.1) is 17.0 Å². The van der Waals surface area contributed by atoms with Crippen molar-refractivity contribution in [2.24, 2.45) is 0 Å². The Labute approximate surface area is 192 Å². The Morgan fingerprint density at radius 1 is 1.25 bits per heavy atom. The molecule has 0 radical (unpaired) electrons. The van der Waals surface area contributed by atoms with E-state index in [-0.39, 0.29) is 18.1 Å². The molecule has 0 saturated carbocycles. The second-order valence-electron chi connectivity index (χ2n) is 7.04. The van der Waals surface area contributed by atoms with Gasteiger partial charge >= 0.3 is 0 Å². The maximum atomic E-state index is 13.2. The van der Waals surface area contributed by atoms with Crippen molar-refractivity contribution in [3.8, 4) is 0 Å². The van der Waals surface area contributed by atoms with Crippen LogP contribution in [-0.4, -0.2) is 20.8 Å². The smallest absolute Gasteiger partial charge is 0.270 e. The van der Waals surface area contributed by atoms with Gasteiger partial charge in [-0.3, -0.25) is 24.8 Å². The molecule has 4 aromatic rings. The Bertz CT molecular complexity index is 1340. The van der Waals surface area contributed by atoms with Gasteiger partial charge in [-0.1, -0.05) is 41.1 Å². The van der Waals surface area contributed by atoms with Gasteiger partial charge in [-0.15, -0.1) is 0 Å². The number of nitrogens with zero attached hydrogens (tertiary/aromatic N) is 4. The van der Waals surface area contributed by atoms with Crippen LogP contribution < -0.4 is 4.90 Å². The van der Waals surface area contributed by atoms with Crippen LogP contribution in [0.2, 0.25) is 5.02 Å². The largest absolute Gasteiger partial charge is 0.280 e. The van der Waals surface area contributed by atoms with Crippen LogP contribution in [0.1, 0.15) is 16.7 Å². The molecule has 0 aliphatic heterocycles. The van der Waals surface area contributed by atoms with Crippen molar-refractivity contribution in [2.45, 2.75) is 13.5 Å². The monoisotopic (exact) mass is 464 g/mol. The fourth-order valence-electron chi connectivity index (χ4n) is 3.17. The number of carbonyl (C=O) groups excluding carboxylic acids is 1. The Balaban J connectivity index is 1.69. The minimum atomic E-state index is -0.470. The normalized spacial score (nSPS) is 11.2. The lowest BCUT2D eigenvalue weighted by atomic mass is 10.2. The SMILES string of the molecule is Cc1cc(Cl)cc2sc(N(Cc3cccnc3)C(=O)/C=C/c3cccc([N+](=O)[O-])c3)nc12. The van der Waals surface area contributed by atoms with Gasteiger partial charge in [0.05, 0.1) is 21.7 Å². The van der Waals surface area contributed by atoms with E-state index < -0.39 is 4.92 Å². The molecular formula is C23H17ClN4O3S. The van der Waals surface area contributed by atoms with E-state index >= 15 is 0 Å². The molecule has 7 nitrogen and oxygen atoms in total. The Kier molecular flexibility index (Phi) is 6.25. The zero-order valence-electron chi connectivity index (χ0n) is 16.9. The number of aromatic nitrogens is 2. The van der Waals surface area contributed by atoms with Crippen LogP contribution in [0.5, 0.6) is 0 Å². The molecule has 0 unspecified atom stereocenters. The molecule has 0 spiro atoms. The lowest BCUT2D eigenvalue weighted by Gasteiger charge is -2.18. The Hall–Kier alpha value is -3.62. The van der Waals surface area contributed by atoms with Crippen molar-refractivity contribution in [3.63, 3.8) is 0 Å². The molecule has 0 atom stereocenters. The minimum Gasteiger partial charge on any atom is -0.280 e. The maximum Gasteiger partial charge on any atom is 0.270 e. The van der Waals surface area contributed by atoms with Crippen molar-refractivity contribution in [1.29, 1.82) is 0 Å². The molecule has 0 aliphatic rings. The molecule has 32 heavy (non-hydrogen) atoms. The second kappa shape index (κ2) is 9.25. The first-order chi connectivity index (χ1) is 15.4. The number of non-ortho nitro benzene ring substituents is 1. The molecule has 2 aromatic heterocycles. The van der Waals surface area contributed by atoms with Crippen LogP contribution in [0.15, 0.2) is 67.0 Å². The molecule has 0 saturated heterocycles. The third kappa shape index (κ3) is 4.82. The van der Waals surface area contributed by atoms with Crippen LogP contribution in [-0.2, 0) is 11.3 Å². The maximum absolute atomic E-state index is 13.2. The lowest BCUT2D eigenvalue weighted by molar-refractivity contribution is -0.384. The van der Waals surface area contributed by atoms with E-state index in [4.69, 9.17) is 11.6 Å². The molecule has 4 rings (SSSR count). The first kappa shape index (κ1) is 21.6. The summed E-state index contributed by atoms with van der Waals surface area (Å²) in [4.78, 5) is 34.1. The zero-order chi connectivity index (χ0) is 22.7. The number of nitro groups is 1. The average Bonchev–Trinajstić information content (AvgIpc) is 3.21. The third-order valence-corrected chi connectivity index (χ3v) is 5.94. The van der Waals surface area contributed by atoms with Crippen molar-refractivity contribution in [1.82, 2.24) is 9.97 Å². The highest BCUT2D eigenvalue weighted by Crippen LogP contribution is 2.34. The van der Waals surface area contributed by atoms with Crippen molar-refractivity contribution >= 4 is 56.0 Å². The molecule has 0 bridgehead atoms. The molecular weight excluding hydrogens is 448 g/mol. The summed E-state index contributed by atoms with van der Waals surface area (Å²) in [5, 5.41) is 12.2. The molecule has 0 fully saturated rings. The molecule has 0 N–H and O–H groups in total. The van der Waals surface area contributed by atoms with Gasteiger partial charge in [-0.25, -0.2) is 4.98 Å². The first-order valence-corrected chi connectivity index (χ1v) is 10.8. The van der Waals surface area contributed by atoms with E-state index in [1.54, 1.807) is 41.6 Å². The molecule has 2 heterocycles. The number of nitro benzene ring substituents is 1. The number of rotatable bonds is 6. The van der Waals surface area contributed by atoms with E-state index in [2.05, 4.69) is 9.97 Å². The quantitative estimate of drug-likeness (QED) is 0.204. The van der Waals surface area contributed by atoms with Gasteiger partial charge in [0, 0.05) is 35.6 Å². The number of amides is 1. The van der Waals surface area contributed by atoms with E-state index in [0.717, 1.165) is 21.3 Å². The molecule has 1 amide bonds. The van der Waals surface area contributed by atoms with Crippen LogP contribution in [0.3, 0.4) is 0 Å². The van der Waals surface area contributed by atoms with E-state index in [9.17, 15) is 14.9 Å². The van der Waals surface area contributed by atoms with Gasteiger partial charge in [0.1, 0.15) is 0 Å². The number of benzene rings is 2. The van der Waals surface area contributed by atoms with E-state index in [1.165, 1.54) is 29.5 Å². The van der Waals surface area contributed by atoms with Crippen molar-refractivity contribution in [3.05, 3.63) is 98.8 Å². The highest BCUT2D eigenvalue weighted by molar-refractivity contribution is 7.22. The number of pyridine rings is 1. The molecule has 160 valence electrons. The number of carbonyl (C=O) groups is 1. The Morgan fingerprint density at radius 2 is 2.09 bits per heavy atom. The summed E-state index contributed by atoms with van der Waals surface area (Å²) < 4.78 is 0.886. The highest BCUT2D eigenvalue weighted by Gasteiger charge is 2.19. The molecule has 9 heteroatoms. The predicted molar refractivity (Wildman–Crippen MR) is 127 cm³/mol. The zero-order valence-corrected chi connectivity index (χ0v) is 18.5. The van der Waals surface area contributed by atoms with Gasteiger partial charge in [0.2, 0.25) is 0 Å². The van der Waals surface area contributed by atoms with Crippen LogP contribution in [0.4, 0.5) is 10.8 Å². The summed E-state index contributed by atoms with van der Waals surface area (Å²) in [5.41, 5.74) is 3.08. The third-order valence-electron chi connectivity index (χ3n) is 4.70. The lowest BCUT2D eigenvalue weighted by Crippen LogP contribution is -2.28. The van der Waals surface area contributed by atoms with Gasteiger partial charge in [0.25, 0.3) is 11.6 Å². The van der Waals surface area contributed by atoms with Gasteiger partial charge in [0.15, 0.2) is 5.13 Å². The highest BCUT2D eigenvalue weighted by atomic mass is 35.5. The number of fused-ring (bicyclic) bond motifs is 1. The summed E-state index contributed by atoms with van der Waals surface area (Å²) in [7, 11) is 0. The van der Waals surface area contributed by atoms with Crippen molar-refractivity contribution in [2.75, 3.05) is 4.90 Å². The van der Waals surface area contributed by atoms with E-state index in [1.807, 2.05) is 25.1 Å². The summed E-state index contributed by atoms with van der Waals surface area (Å²) in [6.07, 6.45) is 6.31. The standard InChI is InChI=1S/C23H17ClN4O3S/c1-15-10-18(24)12-20-22(15)26-23(32-20)27(14-17-5-3-9-25-13-17)21(29)8-7-16-4-2-6-19(11-16)28(30)31/h2-13H,14H2,1H3/b8-7+. The molecule has 2 aromatic carbocycles. The fourth-order valence-corrected chi connectivity index (χ4v) is 4.60. The Morgan fingerprint density at radius 3 is 2.84 bits per heavy atom.